The quantitative estimate of drug-likeness (QED) is 0.730. The fourth-order valence-corrected chi connectivity index (χ4v) is 6.87. The predicted molar refractivity (Wildman–Crippen MR) is 87.3 cm³/mol. The Hall–Kier alpha value is -0.630. The average molecular weight is 302 g/mol. The van der Waals surface area contributed by atoms with Gasteiger partial charge in [0.05, 0.1) is 6.10 Å². The summed E-state index contributed by atoms with van der Waals surface area (Å²) in [5.41, 5.74) is 1.85. The molecule has 0 aromatic carbocycles. The summed E-state index contributed by atoms with van der Waals surface area (Å²) in [4.78, 5) is 12.1. The van der Waals surface area contributed by atoms with Gasteiger partial charge in [0.1, 0.15) is 0 Å². The number of fused-ring (bicyclic) bond motifs is 5. The highest BCUT2D eigenvalue weighted by Gasteiger charge is 2.59. The molecule has 1 unspecified atom stereocenters. The zero-order valence-electron chi connectivity index (χ0n) is 14.3. The van der Waals surface area contributed by atoms with Gasteiger partial charge in [0.25, 0.3) is 0 Å². The van der Waals surface area contributed by atoms with Crippen molar-refractivity contribution in [2.75, 3.05) is 0 Å². The third-order valence-corrected chi connectivity index (χ3v) is 8.22. The number of hydrogen-bond acceptors (Lipinski definition) is 2. The Balaban J connectivity index is 1.70. The van der Waals surface area contributed by atoms with Crippen molar-refractivity contribution < 1.29 is 9.90 Å². The number of ketones is 1. The Labute approximate surface area is 134 Å². The standard InChI is InChI=1S/C20H30O2/c1-12-11-20(3)13(10-17(12)21)4-5-14-15-6-7-18(22)19(15,2)9-8-16(14)20/h10,12,14-16,18,22H,4-9,11H2,1-3H3/t12?,14-,15-,16-,18+,19-,20-/m0/s1. The summed E-state index contributed by atoms with van der Waals surface area (Å²) in [6.45, 7) is 6.88. The number of carbonyl (C=O) groups excluding carboxylic acids is 1. The number of carbonyl (C=O) groups is 1. The molecule has 2 heteroatoms. The molecule has 0 amide bonds. The van der Waals surface area contributed by atoms with Gasteiger partial charge in [0.2, 0.25) is 0 Å². The minimum absolute atomic E-state index is 0.0879. The Morgan fingerprint density at radius 3 is 2.68 bits per heavy atom. The number of aliphatic hydroxyl groups excluding tert-OH is 1. The van der Waals surface area contributed by atoms with Crippen LogP contribution in [0.1, 0.15) is 65.7 Å². The second kappa shape index (κ2) is 4.69. The minimum atomic E-state index is -0.0879. The topological polar surface area (TPSA) is 37.3 Å². The van der Waals surface area contributed by atoms with Crippen molar-refractivity contribution in [1.82, 2.24) is 0 Å². The summed E-state index contributed by atoms with van der Waals surface area (Å²) >= 11 is 0. The maximum absolute atomic E-state index is 12.1. The molecule has 0 heterocycles. The van der Waals surface area contributed by atoms with E-state index < -0.39 is 0 Å². The molecule has 2 nitrogen and oxygen atoms in total. The van der Waals surface area contributed by atoms with Crippen molar-refractivity contribution in [2.45, 2.75) is 71.8 Å². The molecule has 4 rings (SSSR count). The first-order valence-corrected chi connectivity index (χ1v) is 9.29. The second-order valence-electron chi connectivity index (χ2n) is 9.15. The molecule has 122 valence electrons. The Bertz CT molecular complexity index is 536. The van der Waals surface area contributed by atoms with Gasteiger partial charge in [-0.15, -0.1) is 0 Å². The van der Waals surface area contributed by atoms with Crippen molar-refractivity contribution >= 4 is 5.78 Å². The van der Waals surface area contributed by atoms with Crippen LogP contribution in [0.2, 0.25) is 0 Å². The molecule has 3 fully saturated rings. The lowest BCUT2D eigenvalue weighted by Gasteiger charge is -2.58. The van der Waals surface area contributed by atoms with E-state index in [1.165, 1.54) is 31.3 Å². The Kier molecular flexibility index (Phi) is 3.18. The van der Waals surface area contributed by atoms with Crippen LogP contribution in [0.25, 0.3) is 0 Å². The molecule has 0 aromatic rings. The van der Waals surface area contributed by atoms with E-state index in [4.69, 9.17) is 0 Å². The van der Waals surface area contributed by atoms with E-state index in [1.54, 1.807) is 0 Å². The van der Waals surface area contributed by atoms with Crippen LogP contribution >= 0.6 is 0 Å². The van der Waals surface area contributed by atoms with Crippen LogP contribution in [0, 0.1) is 34.5 Å². The van der Waals surface area contributed by atoms with E-state index in [-0.39, 0.29) is 22.9 Å². The Morgan fingerprint density at radius 2 is 1.91 bits per heavy atom. The smallest absolute Gasteiger partial charge is 0.158 e. The molecule has 4 aliphatic rings. The molecule has 1 N–H and O–H groups in total. The predicted octanol–water partition coefficient (Wildman–Crippen LogP) is 4.13. The van der Waals surface area contributed by atoms with Crippen LogP contribution < -0.4 is 0 Å². The number of rotatable bonds is 0. The third kappa shape index (κ3) is 1.79. The number of allylic oxidation sites excluding steroid dienone is 1. The van der Waals surface area contributed by atoms with E-state index in [9.17, 15) is 9.90 Å². The lowest BCUT2D eigenvalue weighted by molar-refractivity contribution is -0.122. The molecule has 7 atom stereocenters. The zero-order chi connectivity index (χ0) is 15.7. The highest BCUT2D eigenvalue weighted by atomic mass is 16.3. The van der Waals surface area contributed by atoms with Crippen molar-refractivity contribution in [1.29, 1.82) is 0 Å². The van der Waals surface area contributed by atoms with Gasteiger partial charge >= 0.3 is 0 Å². The SMILES string of the molecule is CC1C[C@@]2(C)C(=CC1=O)CC[C@H]1[C@@H]3CC[C@@H](O)[C@@]3(C)CC[C@@H]12. The first-order valence-electron chi connectivity index (χ1n) is 9.29. The fourth-order valence-electron chi connectivity index (χ4n) is 6.87. The van der Waals surface area contributed by atoms with Crippen molar-refractivity contribution in [2.24, 2.45) is 34.5 Å². The Morgan fingerprint density at radius 1 is 1.14 bits per heavy atom. The van der Waals surface area contributed by atoms with Gasteiger partial charge in [-0.1, -0.05) is 26.3 Å². The largest absolute Gasteiger partial charge is 0.393 e. The number of hydrogen-bond donors (Lipinski definition) is 1. The summed E-state index contributed by atoms with van der Waals surface area (Å²) in [5, 5.41) is 10.5. The molecule has 22 heavy (non-hydrogen) atoms. The van der Waals surface area contributed by atoms with Gasteiger partial charge in [0, 0.05) is 5.92 Å². The maximum atomic E-state index is 12.1. The van der Waals surface area contributed by atoms with Crippen molar-refractivity contribution in [3.05, 3.63) is 11.6 Å². The van der Waals surface area contributed by atoms with Crippen LogP contribution in [0.5, 0.6) is 0 Å². The molecule has 0 saturated heterocycles. The molecular formula is C20H30O2. The average Bonchev–Trinajstić information content (AvgIpc) is 2.77. The summed E-state index contributed by atoms with van der Waals surface area (Å²) in [7, 11) is 0. The highest BCUT2D eigenvalue weighted by molar-refractivity contribution is 5.93. The maximum Gasteiger partial charge on any atom is 0.158 e. The van der Waals surface area contributed by atoms with Crippen LogP contribution in [0.4, 0.5) is 0 Å². The van der Waals surface area contributed by atoms with Crippen LogP contribution in [-0.2, 0) is 4.79 Å². The van der Waals surface area contributed by atoms with Gasteiger partial charge in [0.15, 0.2) is 5.78 Å². The molecule has 3 saturated carbocycles. The monoisotopic (exact) mass is 302 g/mol. The summed E-state index contributed by atoms with van der Waals surface area (Å²) < 4.78 is 0. The second-order valence-corrected chi connectivity index (χ2v) is 9.15. The first kappa shape index (κ1) is 14.9. The lowest BCUT2D eigenvalue weighted by Crippen LogP contribution is -2.52. The molecule has 4 aliphatic carbocycles. The molecule has 0 radical (unpaired) electrons. The van der Waals surface area contributed by atoms with E-state index in [2.05, 4.69) is 20.8 Å². The highest BCUT2D eigenvalue weighted by Crippen LogP contribution is 2.65. The molecule has 0 aliphatic heterocycles. The lowest BCUT2D eigenvalue weighted by atomic mass is 9.47. The van der Waals surface area contributed by atoms with Gasteiger partial charge in [-0.25, -0.2) is 0 Å². The third-order valence-electron chi connectivity index (χ3n) is 8.22. The molecule has 0 bridgehead atoms. The summed E-state index contributed by atoms with van der Waals surface area (Å²) in [6.07, 6.45) is 9.93. The van der Waals surface area contributed by atoms with Crippen molar-refractivity contribution in [3.8, 4) is 0 Å². The van der Waals surface area contributed by atoms with E-state index in [0.29, 0.717) is 11.7 Å². The summed E-state index contributed by atoms with van der Waals surface area (Å²) in [5.74, 6) is 2.73. The van der Waals surface area contributed by atoms with Crippen LogP contribution in [0.3, 0.4) is 0 Å². The first-order chi connectivity index (χ1) is 10.4. The van der Waals surface area contributed by atoms with Gasteiger partial charge in [-0.2, -0.15) is 0 Å². The van der Waals surface area contributed by atoms with E-state index in [0.717, 1.165) is 31.1 Å². The number of aliphatic hydroxyl groups is 1. The fraction of sp³-hybridized carbons (Fsp3) is 0.850. The van der Waals surface area contributed by atoms with Gasteiger partial charge in [-0.3, -0.25) is 4.79 Å². The van der Waals surface area contributed by atoms with E-state index >= 15 is 0 Å². The summed E-state index contributed by atoms with van der Waals surface area (Å²) in [6, 6.07) is 0. The van der Waals surface area contributed by atoms with Crippen molar-refractivity contribution in [3.63, 3.8) is 0 Å². The molecular weight excluding hydrogens is 272 g/mol. The normalized spacial score (nSPS) is 54.3. The molecule has 0 spiro atoms. The van der Waals surface area contributed by atoms with Gasteiger partial charge < -0.3 is 5.11 Å². The van der Waals surface area contributed by atoms with E-state index in [1.807, 2.05) is 6.08 Å². The minimum Gasteiger partial charge on any atom is -0.393 e. The molecule has 0 aromatic heterocycles. The zero-order valence-corrected chi connectivity index (χ0v) is 14.3. The van der Waals surface area contributed by atoms with Gasteiger partial charge in [-0.05, 0) is 79.6 Å². The van der Waals surface area contributed by atoms with Crippen LogP contribution in [0.15, 0.2) is 11.6 Å². The van der Waals surface area contributed by atoms with Crippen LogP contribution in [-0.4, -0.2) is 17.0 Å².